The number of β-amino-alcohol motifs (C(OH)–C–C–N with tert-alkyl or cyclic N) is 2. The zero-order chi connectivity index (χ0) is 13.1. The molecule has 5 heteroatoms. The van der Waals surface area contributed by atoms with Gasteiger partial charge in [-0.05, 0) is 19.8 Å². The van der Waals surface area contributed by atoms with Crippen molar-refractivity contribution in [3.63, 3.8) is 0 Å². The summed E-state index contributed by atoms with van der Waals surface area (Å²) in [5.41, 5.74) is 0. The first-order valence-electron chi connectivity index (χ1n) is 6.98. The van der Waals surface area contributed by atoms with Crippen molar-refractivity contribution in [3.05, 3.63) is 0 Å². The van der Waals surface area contributed by atoms with E-state index >= 15 is 0 Å². The molecule has 2 aliphatic rings. The second-order valence-corrected chi connectivity index (χ2v) is 5.61. The molecule has 5 nitrogen and oxygen atoms in total. The van der Waals surface area contributed by atoms with Gasteiger partial charge in [0.2, 0.25) is 5.91 Å². The fourth-order valence-electron chi connectivity index (χ4n) is 2.85. The molecule has 1 saturated heterocycles. The number of nitrogens with zero attached hydrogens (tertiary/aromatic N) is 1. The van der Waals surface area contributed by atoms with Gasteiger partial charge in [0, 0.05) is 19.1 Å². The zero-order valence-electron chi connectivity index (χ0n) is 11.0. The van der Waals surface area contributed by atoms with E-state index < -0.39 is 12.2 Å². The van der Waals surface area contributed by atoms with E-state index in [4.69, 9.17) is 0 Å². The molecule has 104 valence electrons. The van der Waals surface area contributed by atoms with E-state index in [1.807, 2.05) is 11.8 Å². The average Bonchev–Trinajstić information content (AvgIpc) is 2.70. The molecule has 1 saturated carbocycles. The van der Waals surface area contributed by atoms with Gasteiger partial charge in [-0.15, -0.1) is 0 Å². The molecule has 0 aromatic rings. The van der Waals surface area contributed by atoms with Crippen molar-refractivity contribution >= 4 is 5.91 Å². The fourth-order valence-corrected chi connectivity index (χ4v) is 2.85. The molecule has 3 atom stereocenters. The van der Waals surface area contributed by atoms with E-state index in [0.29, 0.717) is 19.1 Å². The summed E-state index contributed by atoms with van der Waals surface area (Å²) in [5.74, 6) is 0.0169. The first kappa shape index (κ1) is 13.8. The zero-order valence-corrected chi connectivity index (χ0v) is 11.0. The van der Waals surface area contributed by atoms with Crippen LogP contribution in [0.25, 0.3) is 0 Å². The summed E-state index contributed by atoms with van der Waals surface area (Å²) in [6.45, 7) is 2.59. The Balaban J connectivity index is 1.81. The summed E-state index contributed by atoms with van der Waals surface area (Å²) in [4.78, 5) is 13.9. The third kappa shape index (κ3) is 3.22. The Kier molecular flexibility index (Phi) is 4.59. The number of aliphatic hydroxyl groups excluding tert-OH is 2. The Hall–Kier alpha value is -0.650. The molecule has 1 amide bonds. The number of likely N-dealkylation sites (tertiary alicyclic amines) is 1. The third-order valence-corrected chi connectivity index (χ3v) is 4.17. The summed E-state index contributed by atoms with van der Waals surface area (Å²) in [6, 6.07) is 0.0323. The number of carbonyl (C=O) groups excluding carboxylic acids is 1. The normalized spacial score (nSPS) is 32.4. The van der Waals surface area contributed by atoms with Gasteiger partial charge in [-0.1, -0.05) is 19.3 Å². The van der Waals surface area contributed by atoms with Crippen molar-refractivity contribution in [2.24, 2.45) is 0 Å². The van der Waals surface area contributed by atoms with E-state index in [1.165, 1.54) is 19.3 Å². The Bertz CT molecular complexity index is 282. The third-order valence-electron chi connectivity index (χ3n) is 4.17. The molecule has 0 bridgehead atoms. The highest BCUT2D eigenvalue weighted by atomic mass is 16.3. The van der Waals surface area contributed by atoms with Crippen LogP contribution >= 0.6 is 0 Å². The van der Waals surface area contributed by atoms with Crippen molar-refractivity contribution in [1.82, 2.24) is 10.2 Å². The van der Waals surface area contributed by atoms with Crippen molar-refractivity contribution in [1.29, 1.82) is 0 Å². The van der Waals surface area contributed by atoms with Gasteiger partial charge in [-0.25, -0.2) is 0 Å². The summed E-state index contributed by atoms with van der Waals surface area (Å²) < 4.78 is 0. The summed E-state index contributed by atoms with van der Waals surface area (Å²) in [5, 5.41) is 22.1. The van der Waals surface area contributed by atoms with Gasteiger partial charge in [0.15, 0.2) is 0 Å². The Labute approximate surface area is 108 Å². The molecule has 0 radical (unpaired) electrons. The number of aliphatic hydroxyl groups is 2. The van der Waals surface area contributed by atoms with Crippen LogP contribution in [0.1, 0.15) is 39.0 Å². The van der Waals surface area contributed by atoms with Crippen LogP contribution in [-0.4, -0.2) is 58.4 Å². The number of rotatable bonds is 3. The molecule has 1 unspecified atom stereocenters. The predicted octanol–water partition coefficient (Wildman–Crippen LogP) is -0.139. The monoisotopic (exact) mass is 256 g/mol. The molecule has 2 fully saturated rings. The van der Waals surface area contributed by atoms with Gasteiger partial charge >= 0.3 is 0 Å². The predicted molar refractivity (Wildman–Crippen MR) is 68.1 cm³/mol. The maximum absolute atomic E-state index is 12.1. The average molecular weight is 256 g/mol. The minimum atomic E-state index is -0.727. The number of carbonyl (C=O) groups is 1. The largest absolute Gasteiger partial charge is 0.389 e. The SMILES string of the molecule is CC(C(=O)NC1CCCCC1)N1C[C@@H](O)[C@@H](O)C1. The molecule has 0 aromatic heterocycles. The first-order chi connectivity index (χ1) is 8.58. The van der Waals surface area contributed by atoms with Crippen molar-refractivity contribution in [2.45, 2.75) is 63.3 Å². The highest BCUT2D eigenvalue weighted by Gasteiger charge is 2.35. The molecule has 0 spiro atoms. The van der Waals surface area contributed by atoms with Crippen LogP contribution in [0.3, 0.4) is 0 Å². The highest BCUT2D eigenvalue weighted by Crippen LogP contribution is 2.18. The lowest BCUT2D eigenvalue weighted by Gasteiger charge is -2.28. The standard InChI is InChI=1S/C13H24N2O3/c1-9(15-7-11(16)12(17)8-15)13(18)14-10-5-3-2-4-6-10/h9-12,16-17H,2-8H2,1H3,(H,14,18)/t9?,11-,12+. The van der Waals surface area contributed by atoms with Gasteiger partial charge < -0.3 is 15.5 Å². The van der Waals surface area contributed by atoms with Crippen LogP contribution < -0.4 is 5.32 Å². The number of hydrogen-bond donors (Lipinski definition) is 3. The minimum Gasteiger partial charge on any atom is -0.389 e. The van der Waals surface area contributed by atoms with E-state index in [2.05, 4.69) is 5.32 Å². The molecule has 1 heterocycles. The summed E-state index contributed by atoms with van der Waals surface area (Å²) in [6.07, 6.45) is 4.35. The molecular weight excluding hydrogens is 232 g/mol. The van der Waals surface area contributed by atoms with E-state index in [1.54, 1.807) is 0 Å². The fraction of sp³-hybridized carbons (Fsp3) is 0.923. The van der Waals surface area contributed by atoms with Crippen LogP contribution in [0.2, 0.25) is 0 Å². The smallest absolute Gasteiger partial charge is 0.237 e. The lowest BCUT2D eigenvalue weighted by molar-refractivity contribution is -0.126. The molecule has 1 aliphatic heterocycles. The number of hydrogen-bond acceptors (Lipinski definition) is 4. The minimum absolute atomic E-state index is 0.0169. The highest BCUT2D eigenvalue weighted by molar-refractivity contribution is 5.81. The van der Waals surface area contributed by atoms with Gasteiger partial charge in [-0.3, -0.25) is 9.69 Å². The lowest BCUT2D eigenvalue weighted by Crippen LogP contribution is -2.48. The lowest BCUT2D eigenvalue weighted by atomic mass is 9.95. The van der Waals surface area contributed by atoms with Gasteiger partial charge in [-0.2, -0.15) is 0 Å². The molecular formula is C13H24N2O3. The van der Waals surface area contributed by atoms with Crippen LogP contribution in [0.4, 0.5) is 0 Å². The Morgan fingerprint density at radius 3 is 2.28 bits per heavy atom. The van der Waals surface area contributed by atoms with Crippen LogP contribution in [-0.2, 0) is 4.79 Å². The summed E-state index contributed by atoms with van der Waals surface area (Å²) in [7, 11) is 0. The van der Waals surface area contributed by atoms with Gasteiger partial charge in [0.25, 0.3) is 0 Å². The molecule has 18 heavy (non-hydrogen) atoms. The molecule has 2 rings (SSSR count). The van der Waals surface area contributed by atoms with Gasteiger partial charge in [0.05, 0.1) is 18.2 Å². The van der Waals surface area contributed by atoms with Crippen molar-refractivity contribution in [2.75, 3.05) is 13.1 Å². The number of amides is 1. The van der Waals surface area contributed by atoms with E-state index in [9.17, 15) is 15.0 Å². The molecule has 1 aliphatic carbocycles. The molecule has 3 N–H and O–H groups in total. The Morgan fingerprint density at radius 2 is 1.72 bits per heavy atom. The number of nitrogens with one attached hydrogen (secondary N) is 1. The van der Waals surface area contributed by atoms with Crippen molar-refractivity contribution in [3.8, 4) is 0 Å². The maximum Gasteiger partial charge on any atom is 0.237 e. The van der Waals surface area contributed by atoms with Crippen LogP contribution in [0.15, 0.2) is 0 Å². The van der Waals surface area contributed by atoms with E-state index in [-0.39, 0.29) is 11.9 Å². The molecule has 0 aromatic carbocycles. The first-order valence-corrected chi connectivity index (χ1v) is 6.98. The van der Waals surface area contributed by atoms with E-state index in [0.717, 1.165) is 12.8 Å². The topological polar surface area (TPSA) is 72.8 Å². The second-order valence-electron chi connectivity index (χ2n) is 5.61. The maximum atomic E-state index is 12.1. The Morgan fingerprint density at radius 1 is 1.17 bits per heavy atom. The summed E-state index contributed by atoms with van der Waals surface area (Å²) >= 11 is 0. The quantitative estimate of drug-likeness (QED) is 0.657. The second kappa shape index (κ2) is 5.99. The van der Waals surface area contributed by atoms with Gasteiger partial charge in [0.1, 0.15) is 0 Å². The van der Waals surface area contributed by atoms with Crippen molar-refractivity contribution < 1.29 is 15.0 Å². The van der Waals surface area contributed by atoms with Crippen LogP contribution in [0.5, 0.6) is 0 Å². The van der Waals surface area contributed by atoms with Crippen LogP contribution in [0, 0.1) is 0 Å².